The first-order valence-electron chi connectivity index (χ1n) is 8.03. The quantitative estimate of drug-likeness (QED) is 0.794. The highest BCUT2D eigenvalue weighted by atomic mass is 16.3. The minimum atomic E-state index is -0.328. The van der Waals surface area contributed by atoms with Crippen molar-refractivity contribution in [3.8, 4) is 0 Å². The third kappa shape index (κ3) is 2.92. The fourth-order valence-corrected chi connectivity index (χ4v) is 3.03. The van der Waals surface area contributed by atoms with Crippen molar-refractivity contribution in [3.05, 3.63) is 83.8 Å². The number of furan rings is 1. The monoisotopic (exact) mass is 332 g/mol. The zero-order chi connectivity index (χ0) is 17.2. The van der Waals surface area contributed by atoms with Crippen LogP contribution in [0.5, 0.6) is 0 Å². The molecule has 0 radical (unpaired) electrons. The summed E-state index contributed by atoms with van der Waals surface area (Å²) in [7, 11) is 0. The summed E-state index contributed by atoms with van der Waals surface area (Å²) >= 11 is 0. The van der Waals surface area contributed by atoms with Gasteiger partial charge in [0.25, 0.3) is 5.91 Å². The van der Waals surface area contributed by atoms with Gasteiger partial charge >= 0.3 is 0 Å². The molecule has 25 heavy (non-hydrogen) atoms. The van der Waals surface area contributed by atoms with Crippen molar-refractivity contribution in [2.45, 2.75) is 13.0 Å². The van der Waals surface area contributed by atoms with E-state index in [0.717, 1.165) is 11.3 Å². The predicted octanol–water partition coefficient (Wildman–Crippen LogP) is 3.62. The third-order valence-electron chi connectivity index (χ3n) is 4.24. The van der Waals surface area contributed by atoms with Crippen molar-refractivity contribution < 1.29 is 14.0 Å². The molecule has 0 aliphatic carbocycles. The summed E-state index contributed by atoms with van der Waals surface area (Å²) in [4.78, 5) is 26.5. The first kappa shape index (κ1) is 15.2. The van der Waals surface area contributed by atoms with Crippen LogP contribution in [0.1, 0.15) is 21.7 Å². The Balaban J connectivity index is 1.56. The van der Waals surface area contributed by atoms with Crippen LogP contribution in [0, 0.1) is 0 Å². The van der Waals surface area contributed by atoms with Gasteiger partial charge in [-0.3, -0.25) is 9.59 Å². The molecule has 0 saturated heterocycles. The largest absolute Gasteiger partial charge is 0.459 e. The van der Waals surface area contributed by atoms with E-state index in [1.165, 1.54) is 6.26 Å². The van der Waals surface area contributed by atoms with Gasteiger partial charge in [0.05, 0.1) is 19.2 Å². The molecule has 0 saturated carbocycles. The Morgan fingerprint density at radius 3 is 2.64 bits per heavy atom. The van der Waals surface area contributed by atoms with Crippen LogP contribution in [0.4, 0.5) is 11.4 Å². The van der Waals surface area contributed by atoms with Crippen molar-refractivity contribution in [2.75, 3.05) is 10.2 Å². The number of para-hydroxylation sites is 2. The fraction of sp³-hybridized carbons (Fsp3) is 0.100. The molecular weight excluding hydrogens is 316 g/mol. The first-order chi connectivity index (χ1) is 12.2. The second-order valence-corrected chi connectivity index (χ2v) is 5.88. The molecule has 0 bridgehead atoms. The van der Waals surface area contributed by atoms with Crippen LogP contribution in [0.15, 0.2) is 71.3 Å². The van der Waals surface area contributed by atoms with Crippen molar-refractivity contribution >= 4 is 23.2 Å². The lowest BCUT2D eigenvalue weighted by molar-refractivity contribution is -0.117. The third-order valence-corrected chi connectivity index (χ3v) is 4.24. The van der Waals surface area contributed by atoms with E-state index in [-0.39, 0.29) is 17.6 Å². The van der Waals surface area contributed by atoms with Crippen molar-refractivity contribution in [2.24, 2.45) is 0 Å². The van der Waals surface area contributed by atoms with Gasteiger partial charge in [-0.25, -0.2) is 0 Å². The smallest absolute Gasteiger partial charge is 0.291 e. The molecule has 0 spiro atoms. The Morgan fingerprint density at radius 1 is 1.04 bits per heavy atom. The number of anilines is 2. The number of fused-ring (bicyclic) bond motifs is 1. The molecule has 5 nitrogen and oxygen atoms in total. The number of benzene rings is 2. The molecule has 1 aromatic heterocycles. The van der Waals surface area contributed by atoms with Gasteiger partial charge in [0, 0.05) is 16.9 Å². The van der Waals surface area contributed by atoms with E-state index in [4.69, 9.17) is 4.42 Å². The van der Waals surface area contributed by atoms with E-state index in [1.807, 2.05) is 42.5 Å². The Bertz CT molecular complexity index is 931. The van der Waals surface area contributed by atoms with E-state index < -0.39 is 0 Å². The average molecular weight is 332 g/mol. The van der Waals surface area contributed by atoms with Gasteiger partial charge in [-0.1, -0.05) is 36.4 Å². The van der Waals surface area contributed by atoms with Crippen molar-refractivity contribution in [1.82, 2.24) is 0 Å². The number of nitrogens with one attached hydrogen (secondary N) is 1. The maximum atomic E-state index is 12.5. The lowest BCUT2D eigenvalue weighted by Gasteiger charge is -2.17. The fourth-order valence-electron chi connectivity index (χ4n) is 3.03. The number of carbonyl (C=O) groups excluding carboxylic acids is 2. The predicted molar refractivity (Wildman–Crippen MR) is 94.4 cm³/mol. The van der Waals surface area contributed by atoms with Crippen LogP contribution in [0.25, 0.3) is 0 Å². The summed E-state index contributed by atoms with van der Waals surface area (Å²) in [6, 6.07) is 18.6. The average Bonchev–Trinajstić information content (AvgIpc) is 3.21. The highest BCUT2D eigenvalue weighted by molar-refractivity contribution is 6.04. The molecule has 1 N–H and O–H groups in total. The van der Waals surface area contributed by atoms with Gasteiger partial charge in [0.15, 0.2) is 5.76 Å². The summed E-state index contributed by atoms with van der Waals surface area (Å²) < 4.78 is 5.38. The topological polar surface area (TPSA) is 62.6 Å². The summed E-state index contributed by atoms with van der Waals surface area (Å²) in [6.45, 7) is 0.309. The minimum Gasteiger partial charge on any atom is -0.459 e. The maximum absolute atomic E-state index is 12.5. The van der Waals surface area contributed by atoms with Gasteiger partial charge in [-0.05, 0) is 29.8 Å². The molecule has 0 unspecified atom stereocenters. The summed E-state index contributed by atoms with van der Waals surface area (Å²) in [5.41, 5.74) is 3.27. The standard InChI is InChI=1S/C20H16N2O3/c23-18-12-14-6-4-5-9-17(14)22(18)13-15-10-11-25-19(15)20(24)21-16-7-2-1-3-8-16/h1-11H,12-13H2,(H,21,24). The van der Waals surface area contributed by atoms with E-state index in [9.17, 15) is 9.59 Å². The van der Waals surface area contributed by atoms with Crippen LogP contribution >= 0.6 is 0 Å². The molecular formula is C20H16N2O3. The van der Waals surface area contributed by atoms with E-state index in [1.54, 1.807) is 23.1 Å². The van der Waals surface area contributed by atoms with Gasteiger partial charge in [0.2, 0.25) is 5.91 Å². The van der Waals surface area contributed by atoms with Crippen LogP contribution < -0.4 is 10.2 Å². The zero-order valence-corrected chi connectivity index (χ0v) is 13.4. The Hall–Kier alpha value is -3.34. The van der Waals surface area contributed by atoms with Crippen LogP contribution in [0.3, 0.4) is 0 Å². The van der Waals surface area contributed by atoms with Crippen LogP contribution in [-0.4, -0.2) is 11.8 Å². The normalized spacial score (nSPS) is 13.0. The zero-order valence-electron chi connectivity index (χ0n) is 13.4. The Kier molecular flexibility index (Phi) is 3.82. The number of rotatable bonds is 4. The van der Waals surface area contributed by atoms with Crippen molar-refractivity contribution in [1.29, 1.82) is 0 Å². The summed E-state index contributed by atoms with van der Waals surface area (Å²) in [5, 5.41) is 2.80. The molecule has 124 valence electrons. The molecule has 2 heterocycles. The van der Waals surface area contributed by atoms with E-state index >= 15 is 0 Å². The molecule has 3 aromatic rings. The Labute approximate surface area is 144 Å². The summed E-state index contributed by atoms with van der Waals surface area (Å²) in [6.07, 6.45) is 1.86. The molecule has 2 aromatic carbocycles. The number of amides is 2. The molecule has 1 aliphatic rings. The van der Waals surface area contributed by atoms with Crippen LogP contribution in [0.2, 0.25) is 0 Å². The van der Waals surface area contributed by atoms with Crippen molar-refractivity contribution in [3.63, 3.8) is 0 Å². The van der Waals surface area contributed by atoms with E-state index in [0.29, 0.717) is 24.2 Å². The molecule has 0 atom stereocenters. The number of hydrogen-bond acceptors (Lipinski definition) is 3. The maximum Gasteiger partial charge on any atom is 0.291 e. The van der Waals surface area contributed by atoms with E-state index in [2.05, 4.69) is 5.32 Å². The molecule has 0 fully saturated rings. The second kappa shape index (κ2) is 6.28. The minimum absolute atomic E-state index is 0.0248. The number of hydrogen-bond donors (Lipinski definition) is 1. The second-order valence-electron chi connectivity index (χ2n) is 5.88. The first-order valence-corrected chi connectivity index (χ1v) is 8.03. The molecule has 5 heteroatoms. The Morgan fingerprint density at radius 2 is 1.80 bits per heavy atom. The van der Waals surface area contributed by atoms with Gasteiger partial charge < -0.3 is 14.6 Å². The highest BCUT2D eigenvalue weighted by Crippen LogP contribution is 2.30. The summed E-state index contributed by atoms with van der Waals surface area (Å²) in [5.74, 6) is -0.0796. The van der Waals surface area contributed by atoms with Gasteiger partial charge in [-0.2, -0.15) is 0 Å². The SMILES string of the molecule is O=C(Nc1ccccc1)c1occc1CN1C(=O)Cc2ccccc21. The molecule has 4 rings (SSSR count). The van der Waals surface area contributed by atoms with Gasteiger partial charge in [0.1, 0.15) is 0 Å². The molecule has 2 amide bonds. The number of carbonyl (C=O) groups is 2. The molecule has 1 aliphatic heterocycles. The number of nitrogens with zero attached hydrogens (tertiary/aromatic N) is 1. The highest BCUT2D eigenvalue weighted by Gasteiger charge is 2.28. The van der Waals surface area contributed by atoms with Crippen LogP contribution in [-0.2, 0) is 17.8 Å². The van der Waals surface area contributed by atoms with Gasteiger partial charge in [-0.15, -0.1) is 0 Å². The lowest BCUT2D eigenvalue weighted by atomic mass is 10.1. The lowest BCUT2D eigenvalue weighted by Crippen LogP contribution is -2.27.